The average molecular weight is 210 g/mol. The third-order valence-corrected chi connectivity index (χ3v) is 1.97. The number of aromatic nitrogens is 1. The number of anilines is 1. The molecule has 1 unspecified atom stereocenters. The number of carbonyl (C=O) groups is 1. The number of aromatic carboxylic acids is 1. The minimum atomic E-state index is -1.01. The van der Waals surface area contributed by atoms with Crippen LogP contribution in [0.25, 0.3) is 0 Å². The van der Waals surface area contributed by atoms with Crippen molar-refractivity contribution in [1.29, 1.82) is 0 Å². The first kappa shape index (κ1) is 11.5. The van der Waals surface area contributed by atoms with Crippen LogP contribution in [-0.4, -0.2) is 34.3 Å². The lowest BCUT2D eigenvalue weighted by Gasteiger charge is -2.11. The zero-order valence-corrected chi connectivity index (χ0v) is 8.47. The number of carboxylic acid groups (broad SMARTS) is 1. The van der Waals surface area contributed by atoms with Gasteiger partial charge in [-0.3, -0.25) is 0 Å². The molecule has 1 atom stereocenters. The summed E-state index contributed by atoms with van der Waals surface area (Å²) >= 11 is 0. The van der Waals surface area contributed by atoms with Gasteiger partial charge < -0.3 is 15.5 Å². The standard InChI is InChI=1S/C10H14N2O3/c1-7(6-13)5-12-9-8(10(14)15)3-2-4-11-9/h2-4,7,13H,5-6H2,1H3,(H,11,12)(H,14,15). The van der Waals surface area contributed by atoms with Gasteiger partial charge in [0.15, 0.2) is 0 Å². The van der Waals surface area contributed by atoms with Gasteiger partial charge in [0.05, 0.1) is 0 Å². The minimum Gasteiger partial charge on any atom is -0.478 e. The van der Waals surface area contributed by atoms with Crippen LogP contribution in [0.15, 0.2) is 18.3 Å². The summed E-state index contributed by atoms with van der Waals surface area (Å²) in [6.45, 7) is 2.41. The van der Waals surface area contributed by atoms with Crippen molar-refractivity contribution in [2.75, 3.05) is 18.5 Å². The van der Waals surface area contributed by atoms with E-state index in [-0.39, 0.29) is 18.1 Å². The molecule has 82 valence electrons. The van der Waals surface area contributed by atoms with Gasteiger partial charge in [0.1, 0.15) is 11.4 Å². The number of rotatable bonds is 5. The lowest BCUT2D eigenvalue weighted by atomic mass is 10.2. The molecule has 0 aliphatic carbocycles. The van der Waals surface area contributed by atoms with E-state index in [4.69, 9.17) is 10.2 Å². The molecule has 3 N–H and O–H groups in total. The summed E-state index contributed by atoms with van der Waals surface area (Å²) in [4.78, 5) is 14.7. The third-order valence-electron chi connectivity index (χ3n) is 1.97. The second-order valence-electron chi connectivity index (χ2n) is 3.37. The second-order valence-corrected chi connectivity index (χ2v) is 3.37. The highest BCUT2D eigenvalue weighted by atomic mass is 16.4. The molecule has 0 saturated heterocycles. The molecule has 0 aliphatic heterocycles. The van der Waals surface area contributed by atoms with Crippen LogP contribution in [0.4, 0.5) is 5.82 Å². The smallest absolute Gasteiger partial charge is 0.339 e. The Morgan fingerprint density at radius 1 is 1.67 bits per heavy atom. The van der Waals surface area contributed by atoms with Crippen molar-refractivity contribution in [3.8, 4) is 0 Å². The Morgan fingerprint density at radius 2 is 2.40 bits per heavy atom. The highest BCUT2D eigenvalue weighted by molar-refractivity contribution is 5.92. The van der Waals surface area contributed by atoms with E-state index in [0.717, 1.165) is 0 Å². The summed E-state index contributed by atoms with van der Waals surface area (Å²) in [5.41, 5.74) is 0.141. The zero-order valence-electron chi connectivity index (χ0n) is 8.47. The van der Waals surface area contributed by atoms with E-state index in [0.29, 0.717) is 12.4 Å². The lowest BCUT2D eigenvalue weighted by molar-refractivity contribution is 0.0697. The summed E-state index contributed by atoms with van der Waals surface area (Å²) in [7, 11) is 0. The van der Waals surface area contributed by atoms with Gasteiger partial charge in [-0.15, -0.1) is 0 Å². The number of hydrogen-bond acceptors (Lipinski definition) is 4. The van der Waals surface area contributed by atoms with Gasteiger partial charge in [-0.1, -0.05) is 6.92 Å². The van der Waals surface area contributed by atoms with E-state index in [9.17, 15) is 4.79 Å². The van der Waals surface area contributed by atoms with Crippen LogP contribution < -0.4 is 5.32 Å². The summed E-state index contributed by atoms with van der Waals surface area (Å²) in [6.07, 6.45) is 1.53. The van der Waals surface area contributed by atoms with Crippen molar-refractivity contribution in [2.45, 2.75) is 6.92 Å². The molecule has 0 saturated carbocycles. The number of nitrogens with one attached hydrogen (secondary N) is 1. The largest absolute Gasteiger partial charge is 0.478 e. The molecule has 5 heteroatoms. The fourth-order valence-electron chi connectivity index (χ4n) is 1.05. The SMILES string of the molecule is CC(CO)CNc1ncccc1C(=O)O. The molecule has 0 fully saturated rings. The molecule has 5 nitrogen and oxygen atoms in total. The van der Waals surface area contributed by atoms with Gasteiger partial charge in [0.2, 0.25) is 0 Å². The van der Waals surface area contributed by atoms with Gasteiger partial charge in [-0.05, 0) is 18.1 Å². The van der Waals surface area contributed by atoms with Crippen molar-refractivity contribution in [3.63, 3.8) is 0 Å². The molecule has 0 bridgehead atoms. The van der Waals surface area contributed by atoms with Crippen LogP contribution in [0.3, 0.4) is 0 Å². The molecule has 0 spiro atoms. The monoisotopic (exact) mass is 210 g/mol. The molecule has 1 heterocycles. The van der Waals surface area contributed by atoms with Crippen LogP contribution in [-0.2, 0) is 0 Å². The summed E-state index contributed by atoms with van der Waals surface area (Å²) in [6, 6.07) is 3.06. The fraction of sp³-hybridized carbons (Fsp3) is 0.400. The van der Waals surface area contributed by atoms with E-state index >= 15 is 0 Å². The molecule has 1 aromatic rings. The molecule has 0 amide bonds. The maximum Gasteiger partial charge on any atom is 0.339 e. The Morgan fingerprint density at radius 3 is 3.00 bits per heavy atom. The van der Waals surface area contributed by atoms with Gasteiger partial charge in [-0.25, -0.2) is 9.78 Å². The maximum absolute atomic E-state index is 10.8. The van der Waals surface area contributed by atoms with Crippen LogP contribution in [0.5, 0.6) is 0 Å². The highest BCUT2D eigenvalue weighted by Gasteiger charge is 2.10. The van der Waals surface area contributed by atoms with Gasteiger partial charge in [0, 0.05) is 19.3 Å². The molecule has 0 aliphatic rings. The normalized spacial score (nSPS) is 12.1. The van der Waals surface area contributed by atoms with Crippen molar-refractivity contribution in [1.82, 2.24) is 4.98 Å². The van der Waals surface area contributed by atoms with E-state index in [2.05, 4.69) is 10.3 Å². The molecule has 15 heavy (non-hydrogen) atoms. The Hall–Kier alpha value is -1.62. The first-order valence-electron chi connectivity index (χ1n) is 4.68. The number of aliphatic hydroxyl groups excluding tert-OH is 1. The summed E-state index contributed by atoms with van der Waals surface area (Å²) in [5.74, 6) is -0.610. The van der Waals surface area contributed by atoms with E-state index in [1.54, 1.807) is 6.07 Å². The Labute approximate surface area is 87.8 Å². The number of hydrogen-bond donors (Lipinski definition) is 3. The Kier molecular flexibility index (Phi) is 4.05. The van der Waals surface area contributed by atoms with Crippen LogP contribution in [0.2, 0.25) is 0 Å². The van der Waals surface area contributed by atoms with Gasteiger partial charge in [0.25, 0.3) is 0 Å². The molecule has 0 radical (unpaired) electrons. The zero-order chi connectivity index (χ0) is 11.3. The molecular formula is C10H14N2O3. The first-order chi connectivity index (χ1) is 7.15. The number of aliphatic hydroxyl groups is 1. The number of nitrogens with zero attached hydrogens (tertiary/aromatic N) is 1. The number of pyridine rings is 1. The Balaban J connectivity index is 2.72. The minimum absolute atomic E-state index is 0.0578. The third kappa shape index (κ3) is 3.21. The van der Waals surface area contributed by atoms with Crippen LogP contribution >= 0.6 is 0 Å². The Bertz CT molecular complexity index is 341. The lowest BCUT2D eigenvalue weighted by Crippen LogP contribution is -2.17. The van der Waals surface area contributed by atoms with Crippen molar-refractivity contribution < 1.29 is 15.0 Å². The summed E-state index contributed by atoms with van der Waals surface area (Å²) in [5, 5.41) is 20.6. The first-order valence-corrected chi connectivity index (χ1v) is 4.68. The predicted octanol–water partition coefficient (Wildman–Crippen LogP) is 0.820. The molecule has 1 aromatic heterocycles. The topological polar surface area (TPSA) is 82.5 Å². The fourth-order valence-corrected chi connectivity index (χ4v) is 1.05. The summed E-state index contributed by atoms with van der Waals surface area (Å²) < 4.78 is 0. The highest BCUT2D eigenvalue weighted by Crippen LogP contribution is 2.11. The predicted molar refractivity (Wildman–Crippen MR) is 55.9 cm³/mol. The van der Waals surface area contributed by atoms with Crippen molar-refractivity contribution in [3.05, 3.63) is 23.9 Å². The van der Waals surface area contributed by atoms with E-state index in [1.165, 1.54) is 12.3 Å². The quantitative estimate of drug-likeness (QED) is 0.670. The van der Waals surface area contributed by atoms with Crippen LogP contribution in [0.1, 0.15) is 17.3 Å². The van der Waals surface area contributed by atoms with Crippen molar-refractivity contribution in [2.24, 2.45) is 5.92 Å². The van der Waals surface area contributed by atoms with E-state index < -0.39 is 5.97 Å². The molecule has 0 aromatic carbocycles. The second kappa shape index (κ2) is 5.31. The maximum atomic E-state index is 10.8. The molecular weight excluding hydrogens is 196 g/mol. The average Bonchev–Trinajstić information content (AvgIpc) is 2.26. The van der Waals surface area contributed by atoms with Gasteiger partial charge in [-0.2, -0.15) is 0 Å². The number of carboxylic acids is 1. The van der Waals surface area contributed by atoms with E-state index in [1.807, 2.05) is 6.92 Å². The van der Waals surface area contributed by atoms with Crippen LogP contribution in [0, 0.1) is 5.92 Å². The molecule has 1 rings (SSSR count). The van der Waals surface area contributed by atoms with Crippen molar-refractivity contribution >= 4 is 11.8 Å². The van der Waals surface area contributed by atoms with Gasteiger partial charge >= 0.3 is 5.97 Å².